The molecule has 7 nitrogen and oxygen atoms in total. The topological polar surface area (TPSA) is 111 Å². The molecule has 0 saturated heterocycles. The number of carbonyl (C=O) groups excluding carboxylic acids is 3. The minimum Gasteiger partial charge on any atom is -0.483 e. The van der Waals surface area contributed by atoms with E-state index in [0.29, 0.717) is 11.6 Å². The number of benzene rings is 1. The van der Waals surface area contributed by atoms with E-state index in [4.69, 9.17) is 22.1 Å². The maximum Gasteiger partial charge on any atom is 0.321 e. The summed E-state index contributed by atoms with van der Waals surface area (Å²) in [6.45, 7) is 3.87. The number of amides is 4. The van der Waals surface area contributed by atoms with Crippen LogP contribution in [0.1, 0.15) is 24.2 Å². The number of halogens is 1. The van der Waals surface area contributed by atoms with E-state index in [2.05, 4.69) is 10.6 Å². The Morgan fingerprint density at radius 1 is 1.32 bits per heavy atom. The minimum atomic E-state index is -0.729. The molecule has 8 heteroatoms. The molecule has 0 unspecified atom stereocenters. The van der Waals surface area contributed by atoms with E-state index >= 15 is 0 Å². The van der Waals surface area contributed by atoms with Gasteiger partial charge in [-0.2, -0.15) is 0 Å². The Hall–Kier alpha value is -2.28. The van der Waals surface area contributed by atoms with Crippen LogP contribution >= 0.6 is 11.6 Å². The van der Waals surface area contributed by atoms with E-state index in [9.17, 15) is 14.4 Å². The molecular weight excluding hydrogens is 310 g/mol. The molecule has 1 rings (SSSR count). The normalized spacial score (nSPS) is 10.2. The van der Waals surface area contributed by atoms with Gasteiger partial charge in [-0.25, -0.2) is 4.79 Å². The number of primary amides is 1. The van der Waals surface area contributed by atoms with Crippen molar-refractivity contribution in [1.29, 1.82) is 0 Å². The lowest BCUT2D eigenvalue weighted by molar-refractivity contribution is -0.122. The third kappa shape index (κ3) is 6.01. The van der Waals surface area contributed by atoms with E-state index < -0.39 is 24.5 Å². The smallest absolute Gasteiger partial charge is 0.321 e. The van der Waals surface area contributed by atoms with Crippen LogP contribution in [0.5, 0.6) is 5.75 Å². The van der Waals surface area contributed by atoms with Crippen LogP contribution in [0.15, 0.2) is 18.2 Å². The first-order valence-electron chi connectivity index (χ1n) is 6.59. The minimum absolute atomic E-state index is 0.0598. The molecule has 1 aromatic carbocycles. The second kappa shape index (κ2) is 8.23. The van der Waals surface area contributed by atoms with E-state index in [1.165, 1.54) is 18.2 Å². The van der Waals surface area contributed by atoms with Crippen molar-refractivity contribution in [3.05, 3.63) is 28.8 Å². The predicted octanol–water partition coefficient (Wildman–Crippen LogP) is 1.30. The van der Waals surface area contributed by atoms with Crippen LogP contribution in [0.2, 0.25) is 5.02 Å². The zero-order valence-electron chi connectivity index (χ0n) is 12.3. The van der Waals surface area contributed by atoms with Crippen LogP contribution in [0.25, 0.3) is 0 Å². The Morgan fingerprint density at radius 2 is 2.00 bits per heavy atom. The van der Waals surface area contributed by atoms with Gasteiger partial charge in [0.05, 0.1) is 5.56 Å². The van der Waals surface area contributed by atoms with E-state index in [-0.39, 0.29) is 17.2 Å². The summed E-state index contributed by atoms with van der Waals surface area (Å²) in [6.07, 6.45) is 0. The van der Waals surface area contributed by atoms with Gasteiger partial charge < -0.3 is 15.8 Å². The molecule has 0 spiro atoms. The second-order valence-electron chi connectivity index (χ2n) is 4.95. The fourth-order valence-electron chi connectivity index (χ4n) is 1.47. The maximum absolute atomic E-state index is 11.6. The molecule has 1 aromatic rings. The molecule has 0 saturated carbocycles. The molecule has 0 bridgehead atoms. The Kier molecular flexibility index (Phi) is 6.65. The molecule has 0 aromatic heterocycles. The maximum atomic E-state index is 11.6. The molecule has 4 N–H and O–H groups in total. The van der Waals surface area contributed by atoms with Gasteiger partial charge in [-0.3, -0.25) is 14.9 Å². The molecule has 4 amide bonds. The van der Waals surface area contributed by atoms with Gasteiger partial charge in [0.15, 0.2) is 6.61 Å². The van der Waals surface area contributed by atoms with Crippen LogP contribution in [0.4, 0.5) is 4.79 Å². The third-order valence-electron chi connectivity index (χ3n) is 2.49. The van der Waals surface area contributed by atoms with Crippen molar-refractivity contribution >= 4 is 29.4 Å². The summed E-state index contributed by atoms with van der Waals surface area (Å²) in [5.74, 6) is -0.988. The third-order valence-corrected chi connectivity index (χ3v) is 2.72. The van der Waals surface area contributed by atoms with E-state index in [0.717, 1.165) is 0 Å². The number of imide groups is 1. The van der Waals surface area contributed by atoms with Gasteiger partial charge in [-0.15, -0.1) is 0 Å². The molecule has 22 heavy (non-hydrogen) atoms. The molecular formula is C14H18ClN3O4. The summed E-state index contributed by atoms with van der Waals surface area (Å²) in [5.41, 5.74) is 5.26. The largest absolute Gasteiger partial charge is 0.483 e. The standard InChI is InChI=1S/C14H18ClN3O4/c1-8(2)6-17-14(21)18-12(19)7-22-11-4-3-9(15)5-10(11)13(16)20/h3-5,8H,6-7H2,1-2H3,(H2,16,20)(H2,17,18,19,21). The Morgan fingerprint density at radius 3 is 2.59 bits per heavy atom. The van der Waals surface area contributed by atoms with Crippen molar-refractivity contribution < 1.29 is 19.1 Å². The fourth-order valence-corrected chi connectivity index (χ4v) is 1.64. The zero-order chi connectivity index (χ0) is 16.7. The van der Waals surface area contributed by atoms with Gasteiger partial charge in [0.1, 0.15) is 5.75 Å². The number of nitrogens with one attached hydrogen (secondary N) is 2. The molecule has 120 valence electrons. The molecule has 0 radical (unpaired) electrons. The summed E-state index contributed by atoms with van der Waals surface area (Å²) in [4.78, 5) is 34.2. The number of ether oxygens (including phenoxy) is 1. The summed E-state index contributed by atoms with van der Waals surface area (Å²) in [5, 5.41) is 4.96. The Bertz CT molecular complexity index is 575. The monoisotopic (exact) mass is 327 g/mol. The zero-order valence-corrected chi connectivity index (χ0v) is 13.1. The fraction of sp³-hybridized carbons (Fsp3) is 0.357. The molecule has 0 aliphatic rings. The van der Waals surface area contributed by atoms with Gasteiger partial charge in [-0.05, 0) is 24.1 Å². The van der Waals surface area contributed by atoms with Crippen molar-refractivity contribution in [3.8, 4) is 5.75 Å². The summed E-state index contributed by atoms with van der Waals surface area (Å²) in [6, 6.07) is 3.66. The average Bonchev–Trinajstić information content (AvgIpc) is 2.43. The highest BCUT2D eigenvalue weighted by atomic mass is 35.5. The highest BCUT2D eigenvalue weighted by Gasteiger charge is 2.13. The van der Waals surface area contributed by atoms with Gasteiger partial charge in [0.25, 0.3) is 11.8 Å². The molecule has 0 aliphatic carbocycles. The number of hydrogen-bond donors (Lipinski definition) is 3. The van der Waals surface area contributed by atoms with Gasteiger partial charge >= 0.3 is 6.03 Å². The average molecular weight is 328 g/mol. The SMILES string of the molecule is CC(C)CNC(=O)NC(=O)COc1ccc(Cl)cc1C(N)=O. The van der Waals surface area contributed by atoms with Gasteiger partial charge in [-0.1, -0.05) is 25.4 Å². The number of hydrogen-bond acceptors (Lipinski definition) is 4. The van der Waals surface area contributed by atoms with Gasteiger partial charge in [0, 0.05) is 11.6 Å². The van der Waals surface area contributed by atoms with E-state index in [1.807, 2.05) is 13.8 Å². The Balaban J connectivity index is 2.54. The first-order chi connectivity index (χ1) is 10.3. The number of carbonyl (C=O) groups is 3. The lowest BCUT2D eigenvalue weighted by Gasteiger charge is -2.11. The van der Waals surface area contributed by atoms with Crippen molar-refractivity contribution in [2.45, 2.75) is 13.8 Å². The van der Waals surface area contributed by atoms with E-state index in [1.54, 1.807) is 0 Å². The van der Waals surface area contributed by atoms with Crippen molar-refractivity contribution in [2.24, 2.45) is 11.7 Å². The van der Waals surface area contributed by atoms with Crippen LogP contribution in [-0.4, -0.2) is 31.0 Å². The van der Waals surface area contributed by atoms with Gasteiger partial charge in [0.2, 0.25) is 0 Å². The molecule has 0 heterocycles. The lowest BCUT2D eigenvalue weighted by atomic mass is 10.2. The van der Waals surface area contributed by atoms with Crippen LogP contribution in [0, 0.1) is 5.92 Å². The number of urea groups is 1. The molecule has 0 fully saturated rings. The summed E-state index contributed by atoms with van der Waals surface area (Å²) in [7, 11) is 0. The number of nitrogens with two attached hydrogens (primary N) is 1. The molecule has 0 aliphatic heterocycles. The highest BCUT2D eigenvalue weighted by molar-refractivity contribution is 6.31. The highest BCUT2D eigenvalue weighted by Crippen LogP contribution is 2.22. The van der Waals surface area contributed by atoms with Crippen LogP contribution < -0.4 is 21.1 Å². The quantitative estimate of drug-likeness (QED) is 0.731. The number of rotatable bonds is 6. The predicted molar refractivity (Wildman–Crippen MR) is 81.8 cm³/mol. The van der Waals surface area contributed by atoms with Crippen LogP contribution in [0.3, 0.4) is 0 Å². The van der Waals surface area contributed by atoms with Crippen molar-refractivity contribution in [1.82, 2.24) is 10.6 Å². The lowest BCUT2D eigenvalue weighted by Crippen LogP contribution is -2.42. The summed E-state index contributed by atoms with van der Waals surface area (Å²) >= 11 is 5.76. The van der Waals surface area contributed by atoms with Crippen molar-refractivity contribution in [2.75, 3.05) is 13.2 Å². The second-order valence-corrected chi connectivity index (χ2v) is 5.38. The van der Waals surface area contributed by atoms with Crippen molar-refractivity contribution in [3.63, 3.8) is 0 Å². The Labute approximate surface area is 133 Å². The first kappa shape index (κ1) is 17.8. The first-order valence-corrected chi connectivity index (χ1v) is 6.97. The van der Waals surface area contributed by atoms with Crippen LogP contribution in [-0.2, 0) is 4.79 Å². The molecule has 0 atom stereocenters. The summed E-state index contributed by atoms with van der Waals surface area (Å²) < 4.78 is 5.19.